The standard InChI is InChI=1S/C25H24N4O2/c1-4-31-21-15-13-20(14-16-21)29-24(19-11-6-5-7-12-19)27-23(28-29)25(30)26-22-17(2)9-8-10-18(22)3/h5-16H,4H2,1-3H3,(H,26,30). The number of para-hydroxylation sites is 1. The number of amides is 1. The number of aromatic nitrogens is 3. The van der Waals surface area contributed by atoms with Gasteiger partial charge in [0.05, 0.1) is 12.3 Å². The van der Waals surface area contributed by atoms with Gasteiger partial charge >= 0.3 is 0 Å². The number of rotatable bonds is 6. The van der Waals surface area contributed by atoms with Crippen LogP contribution < -0.4 is 10.1 Å². The SMILES string of the molecule is CCOc1ccc(-n2nc(C(=O)Nc3c(C)cccc3C)nc2-c2ccccc2)cc1. The lowest BCUT2D eigenvalue weighted by Crippen LogP contribution is -2.16. The summed E-state index contributed by atoms with van der Waals surface area (Å²) in [6.45, 7) is 6.47. The Balaban J connectivity index is 1.74. The Bertz CT molecular complexity index is 1180. The van der Waals surface area contributed by atoms with Crippen molar-refractivity contribution in [3.8, 4) is 22.8 Å². The molecule has 0 atom stereocenters. The van der Waals surface area contributed by atoms with Crippen molar-refractivity contribution >= 4 is 11.6 Å². The Morgan fingerprint density at radius 3 is 2.26 bits per heavy atom. The molecule has 0 saturated heterocycles. The fourth-order valence-electron chi connectivity index (χ4n) is 3.39. The van der Waals surface area contributed by atoms with Crippen LogP contribution in [0.3, 0.4) is 0 Å². The molecule has 0 unspecified atom stereocenters. The maximum Gasteiger partial charge on any atom is 0.295 e. The molecule has 156 valence electrons. The maximum absolute atomic E-state index is 13.0. The summed E-state index contributed by atoms with van der Waals surface area (Å²) >= 11 is 0. The first-order valence-corrected chi connectivity index (χ1v) is 10.2. The van der Waals surface area contributed by atoms with E-state index < -0.39 is 0 Å². The van der Waals surface area contributed by atoms with Crippen LogP contribution in [0, 0.1) is 13.8 Å². The summed E-state index contributed by atoms with van der Waals surface area (Å²) in [5, 5.41) is 7.51. The molecule has 3 aromatic carbocycles. The third-order valence-corrected chi connectivity index (χ3v) is 4.95. The number of hydrogen-bond donors (Lipinski definition) is 1. The Morgan fingerprint density at radius 2 is 1.61 bits per heavy atom. The third-order valence-electron chi connectivity index (χ3n) is 4.95. The molecule has 1 heterocycles. The first-order chi connectivity index (χ1) is 15.1. The molecule has 0 bridgehead atoms. The number of anilines is 1. The summed E-state index contributed by atoms with van der Waals surface area (Å²) < 4.78 is 7.22. The van der Waals surface area contributed by atoms with Gasteiger partial charge in [0.25, 0.3) is 5.91 Å². The Morgan fingerprint density at radius 1 is 0.935 bits per heavy atom. The number of benzene rings is 3. The summed E-state index contributed by atoms with van der Waals surface area (Å²) in [6, 6.07) is 23.2. The second-order valence-corrected chi connectivity index (χ2v) is 7.18. The maximum atomic E-state index is 13.0. The van der Waals surface area contributed by atoms with Crippen molar-refractivity contribution in [3.63, 3.8) is 0 Å². The van der Waals surface area contributed by atoms with Crippen molar-refractivity contribution < 1.29 is 9.53 Å². The van der Waals surface area contributed by atoms with E-state index in [1.54, 1.807) is 4.68 Å². The Hall–Kier alpha value is -3.93. The highest BCUT2D eigenvalue weighted by atomic mass is 16.5. The first kappa shape index (κ1) is 20.3. The molecule has 1 aromatic heterocycles. The van der Waals surface area contributed by atoms with Crippen LogP contribution in [-0.2, 0) is 0 Å². The zero-order chi connectivity index (χ0) is 21.8. The molecule has 0 aliphatic rings. The number of nitrogens with zero attached hydrogens (tertiary/aromatic N) is 3. The van der Waals surface area contributed by atoms with Gasteiger partial charge < -0.3 is 10.1 Å². The summed E-state index contributed by atoms with van der Waals surface area (Å²) in [5.74, 6) is 1.13. The molecule has 4 rings (SSSR count). The van der Waals surface area contributed by atoms with Crippen LogP contribution in [0.15, 0.2) is 72.8 Å². The number of aryl methyl sites for hydroxylation is 2. The molecule has 0 fully saturated rings. The molecule has 6 heteroatoms. The molecule has 31 heavy (non-hydrogen) atoms. The molecule has 1 amide bonds. The fraction of sp³-hybridized carbons (Fsp3) is 0.160. The van der Waals surface area contributed by atoms with Crippen LogP contribution in [-0.4, -0.2) is 27.3 Å². The van der Waals surface area contributed by atoms with Crippen LogP contribution in [0.4, 0.5) is 5.69 Å². The third kappa shape index (κ3) is 4.33. The monoisotopic (exact) mass is 412 g/mol. The summed E-state index contributed by atoms with van der Waals surface area (Å²) in [7, 11) is 0. The highest BCUT2D eigenvalue weighted by molar-refractivity contribution is 6.02. The first-order valence-electron chi connectivity index (χ1n) is 10.2. The van der Waals surface area contributed by atoms with E-state index in [1.165, 1.54) is 0 Å². The van der Waals surface area contributed by atoms with Gasteiger partial charge in [0, 0.05) is 11.3 Å². The number of nitrogens with one attached hydrogen (secondary N) is 1. The quantitative estimate of drug-likeness (QED) is 0.472. The normalized spacial score (nSPS) is 10.7. The molecule has 4 aromatic rings. The van der Waals surface area contributed by atoms with E-state index in [1.807, 2.05) is 93.6 Å². The number of ether oxygens (including phenoxy) is 1. The lowest BCUT2D eigenvalue weighted by Gasteiger charge is -2.09. The summed E-state index contributed by atoms with van der Waals surface area (Å²) in [4.78, 5) is 17.6. The fourth-order valence-corrected chi connectivity index (χ4v) is 3.39. The Kier molecular flexibility index (Phi) is 5.80. The number of hydrogen-bond acceptors (Lipinski definition) is 4. The van der Waals surface area contributed by atoms with Crippen LogP contribution in [0.2, 0.25) is 0 Å². The molecular weight excluding hydrogens is 388 g/mol. The van der Waals surface area contributed by atoms with Crippen LogP contribution in [0.1, 0.15) is 28.7 Å². The number of carbonyl (C=O) groups excluding carboxylic acids is 1. The largest absolute Gasteiger partial charge is 0.494 e. The molecule has 1 N–H and O–H groups in total. The molecule has 0 aliphatic heterocycles. The van der Waals surface area contributed by atoms with Gasteiger partial charge in [-0.3, -0.25) is 4.79 Å². The van der Waals surface area contributed by atoms with Crippen molar-refractivity contribution in [1.29, 1.82) is 0 Å². The van der Waals surface area contributed by atoms with E-state index in [-0.39, 0.29) is 11.7 Å². The van der Waals surface area contributed by atoms with E-state index in [0.29, 0.717) is 12.4 Å². The van der Waals surface area contributed by atoms with E-state index in [0.717, 1.165) is 33.8 Å². The van der Waals surface area contributed by atoms with E-state index in [9.17, 15) is 4.79 Å². The Labute approximate surface area is 181 Å². The van der Waals surface area contributed by atoms with Crippen molar-refractivity contribution in [2.45, 2.75) is 20.8 Å². The van der Waals surface area contributed by atoms with Crippen molar-refractivity contribution in [2.75, 3.05) is 11.9 Å². The van der Waals surface area contributed by atoms with Gasteiger partial charge in [-0.25, -0.2) is 9.67 Å². The van der Waals surface area contributed by atoms with Gasteiger partial charge in [0.1, 0.15) is 5.75 Å². The van der Waals surface area contributed by atoms with Crippen LogP contribution in [0.25, 0.3) is 17.1 Å². The molecule has 0 saturated carbocycles. The van der Waals surface area contributed by atoms with Gasteiger partial charge in [-0.1, -0.05) is 48.5 Å². The molecule has 6 nitrogen and oxygen atoms in total. The van der Waals surface area contributed by atoms with Gasteiger partial charge in [-0.15, -0.1) is 5.10 Å². The number of carbonyl (C=O) groups is 1. The average Bonchev–Trinajstić information content (AvgIpc) is 3.23. The molecular formula is C25H24N4O2. The van der Waals surface area contributed by atoms with E-state index in [2.05, 4.69) is 15.4 Å². The lowest BCUT2D eigenvalue weighted by molar-refractivity contribution is 0.101. The van der Waals surface area contributed by atoms with Gasteiger partial charge in [-0.05, 0) is 56.2 Å². The lowest BCUT2D eigenvalue weighted by atomic mass is 10.1. The molecule has 0 radical (unpaired) electrons. The highest BCUT2D eigenvalue weighted by Gasteiger charge is 2.20. The predicted molar refractivity (Wildman–Crippen MR) is 122 cm³/mol. The van der Waals surface area contributed by atoms with Gasteiger partial charge in [0.15, 0.2) is 5.82 Å². The van der Waals surface area contributed by atoms with Gasteiger partial charge in [0.2, 0.25) is 5.82 Å². The van der Waals surface area contributed by atoms with Gasteiger partial charge in [-0.2, -0.15) is 0 Å². The average molecular weight is 412 g/mol. The minimum atomic E-state index is -0.348. The van der Waals surface area contributed by atoms with Crippen molar-refractivity contribution in [3.05, 3.63) is 89.7 Å². The predicted octanol–water partition coefficient (Wildman–Crippen LogP) is 5.20. The minimum Gasteiger partial charge on any atom is -0.494 e. The van der Waals surface area contributed by atoms with E-state index in [4.69, 9.17) is 4.74 Å². The molecule has 0 aliphatic carbocycles. The summed E-state index contributed by atoms with van der Waals surface area (Å²) in [5.41, 5.74) is 4.42. The zero-order valence-electron chi connectivity index (χ0n) is 17.8. The zero-order valence-corrected chi connectivity index (χ0v) is 17.8. The second-order valence-electron chi connectivity index (χ2n) is 7.18. The molecule has 0 spiro atoms. The van der Waals surface area contributed by atoms with Crippen molar-refractivity contribution in [2.24, 2.45) is 0 Å². The van der Waals surface area contributed by atoms with Crippen LogP contribution in [0.5, 0.6) is 5.75 Å². The smallest absolute Gasteiger partial charge is 0.295 e. The summed E-state index contributed by atoms with van der Waals surface area (Å²) in [6.07, 6.45) is 0. The minimum absolute atomic E-state index is 0.107. The van der Waals surface area contributed by atoms with E-state index >= 15 is 0 Å². The topological polar surface area (TPSA) is 69.0 Å². The van der Waals surface area contributed by atoms with Crippen molar-refractivity contribution in [1.82, 2.24) is 14.8 Å². The second kappa shape index (κ2) is 8.83. The van der Waals surface area contributed by atoms with Crippen LogP contribution >= 0.6 is 0 Å². The highest BCUT2D eigenvalue weighted by Crippen LogP contribution is 2.24.